The highest BCUT2D eigenvalue weighted by molar-refractivity contribution is 5.10. The quantitative estimate of drug-likeness (QED) is 0.854. The Morgan fingerprint density at radius 2 is 2.06 bits per heavy atom. The Kier molecular flexibility index (Phi) is 4.27. The molecule has 17 heavy (non-hydrogen) atoms. The Morgan fingerprint density at radius 3 is 2.71 bits per heavy atom. The van der Waals surface area contributed by atoms with E-state index in [4.69, 9.17) is 4.42 Å². The van der Waals surface area contributed by atoms with Gasteiger partial charge in [-0.1, -0.05) is 39.5 Å². The van der Waals surface area contributed by atoms with Crippen molar-refractivity contribution < 1.29 is 9.52 Å². The minimum Gasteiger partial charge on any atom is -0.463 e. The molecule has 0 aliphatic heterocycles. The second-order valence-corrected chi connectivity index (χ2v) is 5.22. The zero-order chi connectivity index (χ0) is 12.3. The summed E-state index contributed by atoms with van der Waals surface area (Å²) in [5.41, 5.74) is 0. The van der Waals surface area contributed by atoms with Crippen LogP contribution in [-0.2, 0) is 6.42 Å². The lowest BCUT2D eigenvalue weighted by molar-refractivity contribution is 0.0291. The third-order valence-electron chi connectivity index (χ3n) is 4.22. The van der Waals surface area contributed by atoms with Gasteiger partial charge in [-0.15, -0.1) is 0 Å². The number of aliphatic hydroxyl groups is 1. The predicted molar refractivity (Wildman–Crippen MR) is 68.8 cm³/mol. The fourth-order valence-corrected chi connectivity index (χ4v) is 3.11. The van der Waals surface area contributed by atoms with Crippen molar-refractivity contribution in [1.82, 2.24) is 0 Å². The lowest BCUT2D eigenvalue weighted by Crippen LogP contribution is -2.25. The van der Waals surface area contributed by atoms with E-state index in [-0.39, 0.29) is 0 Å². The summed E-state index contributed by atoms with van der Waals surface area (Å²) in [6, 6.07) is 3.94. The first kappa shape index (κ1) is 12.7. The van der Waals surface area contributed by atoms with Gasteiger partial charge in [-0.05, 0) is 30.4 Å². The van der Waals surface area contributed by atoms with Gasteiger partial charge in [-0.25, -0.2) is 0 Å². The van der Waals surface area contributed by atoms with Crippen LogP contribution >= 0.6 is 0 Å². The first-order valence-corrected chi connectivity index (χ1v) is 7.02. The normalized spacial score (nSPS) is 27.0. The third-order valence-corrected chi connectivity index (χ3v) is 4.22. The molecule has 96 valence electrons. The van der Waals surface area contributed by atoms with Gasteiger partial charge in [0.1, 0.15) is 17.6 Å². The molecule has 1 fully saturated rings. The van der Waals surface area contributed by atoms with Crippen molar-refractivity contribution in [2.45, 2.75) is 58.5 Å². The van der Waals surface area contributed by atoms with Crippen molar-refractivity contribution in [3.8, 4) is 0 Å². The molecule has 0 radical (unpaired) electrons. The number of furan rings is 1. The van der Waals surface area contributed by atoms with Crippen LogP contribution in [0.25, 0.3) is 0 Å². The van der Waals surface area contributed by atoms with E-state index in [1.165, 1.54) is 25.7 Å². The van der Waals surface area contributed by atoms with Crippen molar-refractivity contribution in [2.75, 3.05) is 0 Å². The van der Waals surface area contributed by atoms with Gasteiger partial charge in [0.2, 0.25) is 0 Å². The molecule has 0 aromatic carbocycles. The Morgan fingerprint density at radius 1 is 1.29 bits per heavy atom. The Balaban J connectivity index is 2.09. The van der Waals surface area contributed by atoms with E-state index >= 15 is 0 Å². The monoisotopic (exact) mass is 236 g/mol. The highest BCUT2D eigenvalue weighted by Crippen LogP contribution is 2.40. The molecule has 1 N–H and O–H groups in total. The molecule has 1 aliphatic carbocycles. The van der Waals surface area contributed by atoms with Crippen LogP contribution in [0.15, 0.2) is 16.5 Å². The van der Waals surface area contributed by atoms with Crippen molar-refractivity contribution in [3.63, 3.8) is 0 Å². The van der Waals surface area contributed by atoms with Crippen LogP contribution in [-0.4, -0.2) is 5.11 Å². The molecule has 2 heteroatoms. The van der Waals surface area contributed by atoms with E-state index in [0.717, 1.165) is 24.4 Å². The summed E-state index contributed by atoms with van der Waals surface area (Å²) in [7, 11) is 0. The summed E-state index contributed by atoms with van der Waals surface area (Å²) in [6.45, 7) is 4.31. The van der Waals surface area contributed by atoms with Gasteiger partial charge in [0.15, 0.2) is 0 Å². The molecular weight excluding hydrogens is 212 g/mol. The minimum absolute atomic E-state index is 0.393. The largest absolute Gasteiger partial charge is 0.463 e. The highest BCUT2D eigenvalue weighted by Gasteiger charge is 2.32. The summed E-state index contributed by atoms with van der Waals surface area (Å²) in [5.74, 6) is 2.80. The summed E-state index contributed by atoms with van der Waals surface area (Å²) in [5, 5.41) is 10.5. The molecule has 1 saturated carbocycles. The summed E-state index contributed by atoms with van der Waals surface area (Å²) < 4.78 is 5.69. The SMILES string of the molecule is CCc1ccc(C(O)C2CCCCC2CC)o1. The van der Waals surface area contributed by atoms with E-state index in [2.05, 4.69) is 13.8 Å². The van der Waals surface area contributed by atoms with Crippen LogP contribution in [0.4, 0.5) is 0 Å². The van der Waals surface area contributed by atoms with Gasteiger partial charge in [0.25, 0.3) is 0 Å². The summed E-state index contributed by atoms with van der Waals surface area (Å²) in [4.78, 5) is 0. The molecule has 1 aromatic heterocycles. The number of aliphatic hydroxyl groups excluding tert-OH is 1. The van der Waals surface area contributed by atoms with Gasteiger partial charge in [0, 0.05) is 6.42 Å². The van der Waals surface area contributed by atoms with Crippen LogP contribution in [0.1, 0.15) is 63.6 Å². The van der Waals surface area contributed by atoms with Gasteiger partial charge >= 0.3 is 0 Å². The molecule has 2 nitrogen and oxygen atoms in total. The standard InChI is InChI=1S/C15H24O2/c1-3-11-7-5-6-8-13(11)15(16)14-10-9-12(4-2)17-14/h9-11,13,15-16H,3-8H2,1-2H3. The summed E-state index contributed by atoms with van der Waals surface area (Å²) in [6.07, 6.45) is 6.64. The van der Waals surface area contributed by atoms with Crippen LogP contribution in [0.3, 0.4) is 0 Å². The summed E-state index contributed by atoms with van der Waals surface area (Å²) >= 11 is 0. The number of rotatable bonds is 4. The molecule has 1 aromatic rings. The van der Waals surface area contributed by atoms with Crippen LogP contribution in [0, 0.1) is 11.8 Å². The average Bonchev–Trinajstić information content (AvgIpc) is 2.86. The maximum absolute atomic E-state index is 10.5. The van der Waals surface area contributed by atoms with Crippen molar-refractivity contribution in [1.29, 1.82) is 0 Å². The lowest BCUT2D eigenvalue weighted by Gasteiger charge is -2.33. The molecule has 3 unspecified atom stereocenters. The maximum atomic E-state index is 10.5. The van der Waals surface area contributed by atoms with Crippen molar-refractivity contribution >= 4 is 0 Å². The highest BCUT2D eigenvalue weighted by atomic mass is 16.4. The van der Waals surface area contributed by atoms with Gasteiger partial charge in [-0.2, -0.15) is 0 Å². The molecule has 1 aliphatic rings. The molecule has 0 amide bonds. The van der Waals surface area contributed by atoms with Gasteiger partial charge < -0.3 is 9.52 Å². The maximum Gasteiger partial charge on any atom is 0.132 e. The number of hydrogen-bond acceptors (Lipinski definition) is 2. The molecule has 0 bridgehead atoms. The zero-order valence-corrected chi connectivity index (χ0v) is 11.0. The molecule has 0 spiro atoms. The smallest absolute Gasteiger partial charge is 0.132 e. The Hall–Kier alpha value is -0.760. The first-order valence-electron chi connectivity index (χ1n) is 7.02. The van der Waals surface area contributed by atoms with Crippen LogP contribution in [0.2, 0.25) is 0 Å². The fourth-order valence-electron chi connectivity index (χ4n) is 3.11. The second kappa shape index (κ2) is 5.72. The van der Waals surface area contributed by atoms with E-state index in [1.807, 2.05) is 12.1 Å². The average molecular weight is 236 g/mol. The number of aryl methyl sites for hydroxylation is 1. The predicted octanol–water partition coefficient (Wildman–Crippen LogP) is 4.09. The Labute approximate surface area is 104 Å². The second-order valence-electron chi connectivity index (χ2n) is 5.22. The van der Waals surface area contributed by atoms with E-state index < -0.39 is 6.10 Å². The lowest BCUT2D eigenvalue weighted by atomic mass is 9.74. The molecule has 2 rings (SSSR count). The van der Waals surface area contributed by atoms with Gasteiger partial charge in [-0.3, -0.25) is 0 Å². The fraction of sp³-hybridized carbons (Fsp3) is 0.733. The first-order chi connectivity index (χ1) is 8.26. The van der Waals surface area contributed by atoms with Crippen molar-refractivity contribution in [3.05, 3.63) is 23.7 Å². The van der Waals surface area contributed by atoms with Crippen LogP contribution < -0.4 is 0 Å². The molecule has 0 saturated heterocycles. The van der Waals surface area contributed by atoms with E-state index in [0.29, 0.717) is 11.8 Å². The van der Waals surface area contributed by atoms with E-state index in [9.17, 15) is 5.11 Å². The number of hydrogen-bond donors (Lipinski definition) is 1. The molecule has 1 heterocycles. The van der Waals surface area contributed by atoms with Crippen LogP contribution in [0.5, 0.6) is 0 Å². The Bertz CT molecular complexity index is 342. The van der Waals surface area contributed by atoms with E-state index in [1.54, 1.807) is 0 Å². The topological polar surface area (TPSA) is 33.4 Å². The van der Waals surface area contributed by atoms with Gasteiger partial charge in [0.05, 0.1) is 0 Å². The zero-order valence-electron chi connectivity index (χ0n) is 11.0. The van der Waals surface area contributed by atoms with Crippen molar-refractivity contribution in [2.24, 2.45) is 11.8 Å². The molecular formula is C15H24O2. The minimum atomic E-state index is -0.402. The third kappa shape index (κ3) is 2.74. The molecule has 3 atom stereocenters.